The maximum absolute atomic E-state index is 9.20. The largest absolute Gasteiger partial charge is 0.379 e. The number of rotatable bonds is 12. The summed E-state index contributed by atoms with van der Waals surface area (Å²) in [6.07, 6.45) is 3.90. The minimum atomic E-state index is -0.418. The maximum atomic E-state index is 9.20. The Balaban J connectivity index is 3.49. The van der Waals surface area contributed by atoms with Crippen molar-refractivity contribution in [3.63, 3.8) is 0 Å². The van der Waals surface area contributed by atoms with Crippen molar-refractivity contribution >= 4 is 0 Å². The predicted molar refractivity (Wildman–Crippen MR) is 78.1 cm³/mol. The van der Waals surface area contributed by atoms with E-state index in [1.165, 1.54) is 0 Å². The van der Waals surface area contributed by atoms with Crippen molar-refractivity contribution in [3.8, 4) is 6.07 Å². The summed E-state index contributed by atoms with van der Waals surface area (Å²) < 4.78 is 10.8. The number of ether oxygens (including phenoxy) is 2. The smallest absolute Gasteiger partial charge is 0.104 e. The second kappa shape index (κ2) is 11.2. The molecule has 0 aromatic carbocycles. The fraction of sp³-hybridized carbons (Fsp3) is 0.933. The molecule has 0 fully saturated rings. The van der Waals surface area contributed by atoms with Crippen molar-refractivity contribution in [1.82, 2.24) is 5.32 Å². The SMILES string of the molecule is CCCOCCOCCCCC(C)(C#N)NC(C)C. The van der Waals surface area contributed by atoms with Crippen LogP contribution in [0.15, 0.2) is 0 Å². The molecule has 0 aromatic rings. The standard InChI is InChI=1S/C15H30N2O2/c1-5-9-18-11-12-19-10-7-6-8-15(4,13-16)17-14(2)3/h14,17H,5-12H2,1-4H3. The van der Waals surface area contributed by atoms with Crippen LogP contribution in [-0.2, 0) is 9.47 Å². The van der Waals surface area contributed by atoms with Gasteiger partial charge in [-0.05, 0) is 46.5 Å². The van der Waals surface area contributed by atoms with Gasteiger partial charge in [0.1, 0.15) is 5.54 Å². The van der Waals surface area contributed by atoms with Crippen LogP contribution < -0.4 is 5.32 Å². The highest BCUT2D eigenvalue weighted by molar-refractivity contribution is 5.04. The van der Waals surface area contributed by atoms with Crippen LogP contribution >= 0.6 is 0 Å². The van der Waals surface area contributed by atoms with Gasteiger partial charge in [-0.25, -0.2) is 0 Å². The Kier molecular flexibility index (Phi) is 10.8. The second-order valence-electron chi connectivity index (χ2n) is 5.42. The van der Waals surface area contributed by atoms with Gasteiger partial charge >= 0.3 is 0 Å². The summed E-state index contributed by atoms with van der Waals surface area (Å²) in [5.74, 6) is 0. The van der Waals surface area contributed by atoms with Crippen molar-refractivity contribution < 1.29 is 9.47 Å². The maximum Gasteiger partial charge on any atom is 0.104 e. The second-order valence-corrected chi connectivity index (χ2v) is 5.42. The summed E-state index contributed by atoms with van der Waals surface area (Å²) in [5.41, 5.74) is -0.418. The number of hydrogen-bond acceptors (Lipinski definition) is 4. The molecule has 1 atom stereocenters. The Labute approximate surface area is 118 Å². The van der Waals surface area contributed by atoms with E-state index in [-0.39, 0.29) is 0 Å². The number of hydrogen-bond donors (Lipinski definition) is 1. The Bertz CT molecular complexity index is 251. The minimum Gasteiger partial charge on any atom is -0.379 e. The first kappa shape index (κ1) is 18.4. The Hall–Kier alpha value is -0.630. The molecule has 0 heterocycles. The monoisotopic (exact) mass is 270 g/mol. The molecule has 112 valence electrons. The first-order chi connectivity index (χ1) is 9.04. The number of nitrogens with one attached hydrogen (secondary N) is 1. The van der Waals surface area contributed by atoms with E-state index in [2.05, 4.69) is 32.2 Å². The fourth-order valence-corrected chi connectivity index (χ4v) is 1.95. The lowest BCUT2D eigenvalue weighted by molar-refractivity contribution is 0.0462. The van der Waals surface area contributed by atoms with E-state index >= 15 is 0 Å². The van der Waals surface area contributed by atoms with E-state index in [4.69, 9.17) is 9.47 Å². The molecule has 0 aliphatic rings. The highest BCUT2D eigenvalue weighted by atomic mass is 16.5. The van der Waals surface area contributed by atoms with Gasteiger partial charge in [0.05, 0.1) is 19.3 Å². The van der Waals surface area contributed by atoms with Crippen molar-refractivity contribution in [2.75, 3.05) is 26.4 Å². The molecule has 19 heavy (non-hydrogen) atoms. The van der Waals surface area contributed by atoms with E-state index in [0.717, 1.165) is 38.9 Å². The van der Waals surface area contributed by atoms with E-state index in [9.17, 15) is 5.26 Å². The Morgan fingerprint density at radius 2 is 1.74 bits per heavy atom. The zero-order chi connectivity index (χ0) is 14.6. The van der Waals surface area contributed by atoms with Crippen LogP contribution in [0.1, 0.15) is 53.4 Å². The lowest BCUT2D eigenvalue weighted by atomic mass is 9.96. The lowest BCUT2D eigenvalue weighted by Crippen LogP contribution is -2.44. The van der Waals surface area contributed by atoms with E-state index < -0.39 is 5.54 Å². The van der Waals surface area contributed by atoms with Gasteiger partial charge in [-0.3, -0.25) is 5.32 Å². The van der Waals surface area contributed by atoms with Crippen LogP contribution in [0.5, 0.6) is 0 Å². The molecule has 0 radical (unpaired) electrons. The van der Waals surface area contributed by atoms with Crippen molar-refractivity contribution in [2.24, 2.45) is 0 Å². The van der Waals surface area contributed by atoms with E-state index in [1.807, 2.05) is 6.92 Å². The van der Waals surface area contributed by atoms with Crippen molar-refractivity contribution in [3.05, 3.63) is 0 Å². The van der Waals surface area contributed by atoms with Crippen LogP contribution in [0.3, 0.4) is 0 Å². The number of unbranched alkanes of at least 4 members (excludes halogenated alkanes) is 1. The average Bonchev–Trinajstić information content (AvgIpc) is 2.36. The van der Waals surface area contributed by atoms with E-state index in [1.54, 1.807) is 0 Å². The Morgan fingerprint density at radius 3 is 2.26 bits per heavy atom. The third kappa shape index (κ3) is 10.9. The van der Waals surface area contributed by atoms with E-state index in [0.29, 0.717) is 19.3 Å². The van der Waals surface area contributed by atoms with Gasteiger partial charge in [0.25, 0.3) is 0 Å². The Morgan fingerprint density at radius 1 is 1.11 bits per heavy atom. The molecule has 4 heteroatoms. The molecule has 0 spiro atoms. The lowest BCUT2D eigenvalue weighted by Gasteiger charge is -2.25. The molecule has 0 rings (SSSR count). The summed E-state index contributed by atoms with van der Waals surface area (Å²) in [7, 11) is 0. The van der Waals surface area contributed by atoms with Gasteiger partial charge in [-0.2, -0.15) is 5.26 Å². The summed E-state index contributed by atoms with van der Waals surface area (Å²) in [4.78, 5) is 0. The van der Waals surface area contributed by atoms with Gasteiger partial charge in [-0.15, -0.1) is 0 Å². The molecule has 0 bridgehead atoms. The van der Waals surface area contributed by atoms with Gasteiger partial charge in [0.2, 0.25) is 0 Å². The summed E-state index contributed by atoms with van der Waals surface area (Å²) >= 11 is 0. The molecular weight excluding hydrogens is 240 g/mol. The van der Waals surface area contributed by atoms with Gasteiger partial charge in [0.15, 0.2) is 0 Å². The predicted octanol–water partition coefficient (Wildman–Crippen LogP) is 2.88. The summed E-state index contributed by atoms with van der Waals surface area (Å²) in [5, 5.41) is 12.5. The minimum absolute atomic E-state index is 0.330. The quantitative estimate of drug-likeness (QED) is 0.554. The molecule has 4 nitrogen and oxygen atoms in total. The van der Waals surface area contributed by atoms with Gasteiger partial charge in [0, 0.05) is 19.3 Å². The normalized spacial score (nSPS) is 14.3. The molecule has 0 aliphatic heterocycles. The molecule has 0 aromatic heterocycles. The topological polar surface area (TPSA) is 54.3 Å². The highest BCUT2D eigenvalue weighted by Gasteiger charge is 2.23. The first-order valence-electron chi connectivity index (χ1n) is 7.38. The molecule has 0 aliphatic carbocycles. The molecule has 0 amide bonds. The fourth-order valence-electron chi connectivity index (χ4n) is 1.95. The average molecular weight is 270 g/mol. The van der Waals surface area contributed by atoms with Gasteiger partial charge in [-0.1, -0.05) is 6.92 Å². The van der Waals surface area contributed by atoms with Crippen molar-refractivity contribution in [1.29, 1.82) is 5.26 Å². The number of nitriles is 1. The first-order valence-corrected chi connectivity index (χ1v) is 7.38. The van der Waals surface area contributed by atoms with Crippen LogP contribution in [0.25, 0.3) is 0 Å². The molecule has 0 saturated carbocycles. The molecule has 1 unspecified atom stereocenters. The molecular formula is C15H30N2O2. The van der Waals surface area contributed by atoms with Crippen molar-refractivity contribution in [2.45, 2.75) is 65.0 Å². The van der Waals surface area contributed by atoms with Crippen LogP contribution in [0.2, 0.25) is 0 Å². The van der Waals surface area contributed by atoms with Crippen LogP contribution in [0.4, 0.5) is 0 Å². The molecule has 1 N–H and O–H groups in total. The summed E-state index contributed by atoms with van der Waals surface area (Å²) in [6.45, 7) is 11.1. The zero-order valence-electron chi connectivity index (χ0n) is 13.0. The van der Waals surface area contributed by atoms with Gasteiger partial charge < -0.3 is 9.47 Å². The summed E-state index contributed by atoms with van der Waals surface area (Å²) in [6, 6.07) is 2.69. The third-order valence-corrected chi connectivity index (χ3v) is 2.79. The molecule has 0 saturated heterocycles. The number of nitrogens with zero attached hydrogens (tertiary/aromatic N) is 1. The van der Waals surface area contributed by atoms with Crippen LogP contribution in [0, 0.1) is 11.3 Å². The highest BCUT2D eigenvalue weighted by Crippen LogP contribution is 2.13. The third-order valence-electron chi connectivity index (χ3n) is 2.79. The zero-order valence-corrected chi connectivity index (χ0v) is 13.0. The van der Waals surface area contributed by atoms with Crippen LogP contribution in [-0.4, -0.2) is 38.0 Å².